The first-order valence-corrected chi connectivity index (χ1v) is 13.0. The Morgan fingerprint density at radius 2 is 1.81 bits per heavy atom. The molecule has 2 aliphatic rings. The Morgan fingerprint density at radius 1 is 1.14 bits per heavy atom. The van der Waals surface area contributed by atoms with Crippen LogP contribution in [-0.2, 0) is 20.8 Å². The van der Waals surface area contributed by atoms with Crippen molar-refractivity contribution < 1.29 is 44.3 Å². The van der Waals surface area contributed by atoms with Crippen LogP contribution in [0, 0.1) is 17.6 Å². The smallest absolute Gasteiger partial charge is 0.347 e. The van der Waals surface area contributed by atoms with Crippen LogP contribution in [0.1, 0.15) is 46.8 Å². The van der Waals surface area contributed by atoms with E-state index in [2.05, 4.69) is 10.3 Å². The van der Waals surface area contributed by atoms with Gasteiger partial charge in [0, 0.05) is 30.0 Å². The van der Waals surface area contributed by atoms with Gasteiger partial charge in [-0.1, -0.05) is 0 Å². The number of amides is 2. The van der Waals surface area contributed by atoms with Gasteiger partial charge in [0.25, 0.3) is 5.91 Å². The molecule has 1 N–H and O–H groups in total. The second-order valence-corrected chi connectivity index (χ2v) is 11.1. The maximum Gasteiger partial charge on any atom is 0.419 e. The van der Waals surface area contributed by atoms with Gasteiger partial charge >= 0.3 is 6.18 Å². The fourth-order valence-corrected chi connectivity index (χ4v) is 4.91. The molecule has 1 aliphatic carbocycles. The SMILES string of the molecule is CS(=O)(=O)c1cc(C(=O)N2C[C@@H](F)C[C@@H]2C(=O)N[C@@H](c2cc(F)c(C(F)(F)F)cc2F)C2CC2)ccn1. The summed E-state index contributed by atoms with van der Waals surface area (Å²) in [6.07, 6.45) is -4.21. The highest BCUT2D eigenvalue weighted by molar-refractivity contribution is 7.90. The number of hydrogen-bond donors (Lipinski definition) is 1. The van der Waals surface area contributed by atoms with Gasteiger partial charge in [-0.3, -0.25) is 9.59 Å². The zero-order valence-electron chi connectivity index (χ0n) is 19.2. The number of likely N-dealkylation sites (tertiary alicyclic amines) is 1. The van der Waals surface area contributed by atoms with Crippen molar-refractivity contribution in [3.05, 3.63) is 58.8 Å². The van der Waals surface area contributed by atoms with Gasteiger partial charge in [0.2, 0.25) is 5.91 Å². The van der Waals surface area contributed by atoms with Gasteiger partial charge in [-0.05, 0) is 43.0 Å². The first-order chi connectivity index (χ1) is 17.2. The Morgan fingerprint density at radius 3 is 2.41 bits per heavy atom. The molecule has 2 fully saturated rings. The molecule has 2 aromatic rings. The standard InChI is InChI=1S/C23H21F6N3O4S/c1-37(35,36)19-6-12(4-5-30-19)22(34)32-10-13(24)7-18(32)21(33)31-20(11-2-3-11)14-8-17(26)15(9-16(14)25)23(27,28)29/h4-6,8-9,11,13,18,20H,2-3,7,10H2,1H3,(H,31,33)/t13-,18+,20+/m0/s1. The van der Waals surface area contributed by atoms with Crippen LogP contribution in [0.2, 0.25) is 0 Å². The van der Waals surface area contributed by atoms with Gasteiger partial charge in [-0.25, -0.2) is 26.6 Å². The highest BCUT2D eigenvalue weighted by Crippen LogP contribution is 2.43. The fourth-order valence-electron chi connectivity index (χ4n) is 4.32. The molecular weight excluding hydrogens is 528 g/mol. The van der Waals surface area contributed by atoms with E-state index in [9.17, 15) is 44.3 Å². The molecule has 200 valence electrons. The van der Waals surface area contributed by atoms with Crippen molar-refractivity contribution in [3.8, 4) is 0 Å². The number of nitrogens with zero attached hydrogens (tertiary/aromatic N) is 2. The first kappa shape index (κ1) is 26.9. The summed E-state index contributed by atoms with van der Waals surface area (Å²) in [6, 6.07) is 0.0355. The second kappa shape index (κ2) is 9.62. The monoisotopic (exact) mass is 549 g/mol. The van der Waals surface area contributed by atoms with E-state index in [0.717, 1.165) is 23.4 Å². The van der Waals surface area contributed by atoms with E-state index in [1.54, 1.807) is 0 Å². The largest absolute Gasteiger partial charge is 0.419 e. The number of hydrogen-bond acceptors (Lipinski definition) is 5. The van der Waals surface area contributed by atoms with Crippen LogP contribution in [0.3, 0.4) is 0 Å². The molecule has 2 heterocycles. The van der Waals surface area contributed by atoms with E-state index in [0.29, 0.717) is 18.9 Å². The summed E-state index contributed by atoms with van der Waals surface area (Å²) in [5, 5.41) is 2.06. The molecule has 3 atom stereocenters. The Labute approximate surface area is 207 Å². The van der Waals surface area contributed by atoms with Crippen molar-refractivity contribution in [1.82, 2.24) is 15.2 Å². The lowest BCUT2D eigenvalue weighted by atomic mass is 9.98. The number of rotatable bonds is 6. The summed E-state index contributed by atoms with van der Waals surface area (Å²) in [6.45, 7) is -0.481. The molecular formula is C23H21F6N3O4S. The molecule has 7 nitrogen and oxygen atoms in total. The average Bonchev–Trinajstić information content (AvgIpc) is 3.57. The van der Waals surface area contributed by atoms with E-state index >= 15 is 0 Å². The molecule has 1 aliphatic heterocycles. The normalized spacial score (nSPS) is 21.1. The highest BCUT2D eigenvalue weighted by Gasteiger charge is 2.44. The van der Waals surface area contributed by atoms with Crippen LogP contribution >= 0.6 is 0 Å². The van der Waals surface area contributed by atoms with E-state index in [-0.39, 0.29) is 17.5 Å². The van der Waals surface area contributed by atoms with Crippen LogP contribution < -0.4 is 5.32 Å². The molecule has 14 heteroatoms. The Bertz CT molecular complexity index is 1350. The lowest BCUT2D eigenvalue weighted by Gasteiger charge is -2.27. The topological polar surface area (TPSA) is 96.4 Å². The maximum atomic E-state index is 14.7. The third kappa shape index (κ3) is 5.73. The maximum absolute atomic E-state index is 14.7. The summed E-state index contributed by atoms with van der Waals surface area (Å²) < 4.78 is 106. The van der Waals surface area contributed by atoms with Crippen molar-refractivity contribution in [1.29, 1.82) is 0 Å². The van der Waals surface area contributed by atoms with Gasteiger partial charge < -0.3 is 10.2 Å². The third-order valence-electron chi connectivity index (χ3n) is 6.29. The molecule has 0 unspecified atom stereocenters. The summed E-state index contributed by atoms with van der Waals surface area (Å²) in [4.78, 5) is 30.8. The van der Waals surface area contributed by atoms with E-state index < -0.39 is 86.8 Å². The van der Waals surface area contributed by atoms with Crippen molar-refractivity contribution in [3.63, 3.8) is 0 Å². The number of carbonyl (C=O) groups excluding carboxylic acids is 2. The van der Waals surface area contributed by atoms with E-state index in [1.165, 1.54) is 6.07 Å². The number of nitrogens with one attached hydrogen (secondary N) is 1. The summed E-state index contributed by atoms with van der Waals surface area (Å²) in [5.74, 6) is -5.20. The Kier molecular flexibility index (Phi) is 6.99. The van der Waals surface area contributed by atoms with Crippen LogP contribution in [0.25, 0.3) is 0 Å². The van der Waals surface area contributed by atoms with Crippen LogP contribution in [-0.4, -0.2) is 55.1 Å². The lowest BCUT2D eigenvalue weighted by molar-refractivity contribution is -0.140. The molecule has 2 amide bonds. The summed E-state index contributed by atoms with van der Waals surface area (Å²) in [5.41, 5.74) is -2.42. The molecule has 0 bridgehead atoms. The second-order valence-electron chi connectivity index (χ2n) is 9.14. The molecule has 1 saturated heterocycles. The predicted molar refractivity (Wildman–Crippen MR) is 117 cm³/mol. The number of benzene rings is 1. The summed E-state index contributed by atoms with van der Waals surface area (Å²) in [7, 11) is -3.76. The number of carbonyl (C=O) groups is 2. The van der Waals surface area contributed by atoms with Gasteiger partial charge in [0.15, 0.2) is 14.9 Å². The molecule has 0 radical (unpaired) electrons. The van der Waals surface area contributed by atoms with Crippen LogP contribution in [0.5, 0.6) is 0 Å². The minimum atomic E-state index is -5.12. The van der Waals surface area contributed by atoms with E-state index in [1.807, 2.05) is 0 Å². The number of sulfone groups is 1. The molecule has 37 heavy (non-hydrogen) atoms. The fraction of sp³-hybridized carbons (Fsp3) is 0.435. The molecule has 0 spiro atoms. The van der Waals surface area contributed by atoms with Crippen molar-refractivity contribution >= 4 is 21.7 Å². The zero-order valence-corrected chi connectivity index (χ0v) is 20.0. The molecule has 1 saturated carbocycles. The Hall–Kier alpha value is -3.16. The predicted octanol–water partition coefficient (Wildman–Crippen LogP) is 3.60. The highest BCUT2D eigenvalue weighted by atomic mass is 32.2. The quantitative estimate of drug-likeness (QED) is 0.556. The zero-order chi connectivity index (χ0) is 27.3. The molecule has 1 aromatic heterocycles. The molecule has 1 aromatic carbocycles. The summed E-state index contributed by atoms with van der Waals surface area (Å²) >= 11 is 0. The first-order valence-electron chi connectivity index (χ1n) is 11.1. The van der Waals surface area contributed by atoms with E-state index in [4.69, 9.17) is 0 Å². The number of alkyl halides is 4. The third-order valence-corrected chi connectivity index (χ3v) is 7.28. The lowest BCUT2D eigenvalue weighted by Crippen LogP contribution is -2.47. The van der Waals surface area contributed by atoms with Gasteiger partial charge in [0.1, 0.15) is 23.8 Å². The molecule has 4 rings (SSSR count). The minimum absolute atomic E-state index is 0.0258. The van der Waals surface area contributed by atoms with Gasteiger partial charge in [0.05, 0.1) is 18.2 Å². The number of pyridine rings is 1. The number of aromatic nitrogens is 1. The van der Waals surface area contributed by atoms with Gasteiger partial charge in [-0.15, -0.1) is 0 Å². The van der Waals surface area contributed by atoms with Crippen LogP contribution in [0.4, 0.5) is 26.3 Å². The van der Waals surface area contributed by atoms with Crippen molar-refractivity contribution in [2.24, 2.45) is 5.92 Å². The van der Waals surface area contributed by atoms with Gasteiger partial charge in [-0.2, -0.15) is 13.2 Å². The minimum Gasteiger partial charge on any atom is -0.347 e. The van der Waals surface area contributed by atoms with Crippen molar-refractivity contribution in [2.75, 3.05) is 12.8 Å². The van der Waals surface area contributed by atoms with Crippen LogP contribution in [0.15, 0.2) is 35.5 Å². The number of halogens is 6. The van der Waals surface area contributed by atoms with Crippen molar-refractivity contribution in [2.45, 2.75) is 48.7 Å². The Balaban J connectivity index is 1.59. The average molecular weight is 549 g/mol.